The molecule has 0 amide bonds. The van der Waals surface area contributed by atoms with Crippen molar-refractivity contribution >= 4 is 17.8 Å². The van der Waals surface area contributed by atoms with Gasteiger partial charge in [-0.15, -0.1) is 5.10 Å². The third-order valence-corrected chi connectivity index (χ3v) is 2.72. The van der Waals surface area contributed by atoms with Crippen molar-refractivity contribution in [2.24, 2.45) is 5.10 Å². The summed E-state index contributed by atoms with van der Waals surface area (Å²) in [6.45, 7) is 6.80. The van der Waals surface area contributed by atoms with Crippen LogP contribution in [0.25, 0.3) is 0 Å². The van der Waals surface area contributed by atoms with Crippen LogP contribution in [0.5, 0.6) is 0 Å². The molecule has 1 aliphatic rings. The summed E-state index contributed by atoms with van der Waals surface area (Å²) >= 11 is 0. The first-order chi connectivity index (χ1) is 7.86. The molecular weight excluding hydrogens is 202 g/mol. The molecule has 1 heterocycles. The first-order valence-electron chi connectivity index (χ1n) is 5.62. The number of ether oxygens (including phenoxy) is 1. The Hall–Kier alpha value is -1.71. The minimum absolute atomic E-state index is 0.498. The fourth-order valence-corrected chi connectivity index (χ4v) is 1.87. The van der Waals surface area contributed by atoms with Crippen molar-refractivity contribution in [1.29, 1.82) is 0 Å². The van der Waals surface area contributed by atoms with Gasteiger partial charge >= 0.3 is 0 Å². The molecule has 0 fully saturated rings. The average molecular weight is 219 g/mol. The molecule has 86 valence electrons. The predicted octanol–water partition coefficient (Wildman–Crippen LogP) is 2.27. The minimum Gasteiger partial charge on any atom is -0.459 e. The summed E-state index contributed by atoms with van der Waals surface area (Å²) in [5, 5.41) is 6.05. The highest BCUT2D eigenvalue weighted by Gasteiger charge is 2.15. The van der Waals surface area contributed by atoms with Crippen LogP contribution in [0, 0.1) is 0 Å². The van der Waals surface area contributed by atoms with Crippen LogP contribution in [0.2, 0.25) is 0 Å². The van der Waals surface area contributed by atoms with Gasteiger partial charge in [0.2, 0.25) is 0 Å². The second-order valence-corrected chi connectivity index (χ2v) is 3.58. The molecular formula is C12H17N3O. The van der Waals surface area contributed by atoms with Crippen LogP contribution in [0.15, 0.2) is 29.4 Å². The van der Waals surface area contributed by atoms with Crippen LogP contribution in [-0.4, -0.2) is 26.2 Å². The smallest absolute Gasteiger partial charge is 0.195 e. The summed E-state index contributed by atoms with van der Waals surface area (Å²) in [5.74, 6) is 0. The average Bonchev–Trinajstić information content (AvgIpc) is 2.85. The number of anilines is 2. The first-order valence-corrected chi connectivity index (χ1v) is 5.62. The maximum absolute atomic E-state index is 5.13. The van der Waals surface area contributed by atoms with Crippen molar-refractivity contribution in [2.75, 3.05) is 29.7 Å². The molecule has 0 N–H and O–H groups in total. The molecule has 0 radical (unpaired) electrons. The number of hydrogen-bond donors (Lipinski definition) is 0. The van der Waals surface area contributed by atoms with Gasteiger partial charge in [0.25, 0.3) is 0 Å². The normalized spacial score (nSPS) is 14.0. The largest absolute Gasteiger partial charge is 0.459 e. The molecule has 1 aromatic carbocycles. The van der Waals surface area contributed by atoms with Gasteiger partial charge in [-0.1, -0.05) is 12.1 Å². The van der Waals surface area contributed by atoms with Crippen LogP contribution in [0.4, 0.5) is 11.4 Å². The van der Waals surface area contributed by atoms with Gasteiger partial charge < -0.3 is 9.64 Å². The molecule has 16 heavy (non-hydrogen) atoms. The van der Waals surface area contributed by atoms with Crippen molar-refractivity contribution in [3.63, 3.8) is 0 Å². The third-order valence-electron chi connectivity index (χ3n) is 2.72. The Bertz CT molecular complexity index is 374. The van der Waals surface area contributed by atoms with Gasteiger partial charge in [0.15, 0.2) is 13.1 Å². The Kier molecular flexibility index (Phi) is 3.29. The fourth-order valence-electron chi connectivity index (χ4n) is 1.87. The molecule has 0 aromatic heterocycles. The maximum atomic E-state index is 5.13. The summed E-state index contributed by atoms with van der Waals surface area (Å²) in [4.78, 5) is 2.31. The number of nitrogens with zero attached hydrogens (tertiary/aromatic N) is 3. The molecule has 4 heteroatoms. The second kappa shape index (κ2) is 4.88. The zero-order chi connectivity index (χ0) is 11.4. The first kappa shape index (κ1) is 10.8. The van der Waals surface area contributed by atoms with Crippen LogP contribution in [-0.2, 0) is 4.74 Å². The molecule has 0 saturated carbocycles. The summed E-state index contributed by atoms with van der Waals surface area (Å²) in [6.07, 6.45) is 1.49. The quantitative estimate of drug-likeness (QED) is 0.777. The van der Waals surface area contributed by atoms with E-state index in [1.807, 2.05) is 11.1 Å². The SMILES string of the molecule is CCN(CC)c1ccccc1N1COC=N1. The molecule has 0 bridgehead atoms. The number of hydrogen-bond acceptors (Lipinski definition) is 4. The van der Waals surface area contributed by atoms with Crippen molar-refractivity contribution < 1.29 is 4.74 Å². The van der Waals surface area contributed by atoms with E-state index < -0.39 is 0 Å². The van der Waals surface area contributed by atoms with Gasteiger partial charge in [-0.05, 0) is 26.0 Å². The van der Waals surface area contributed by atoms with Gasteiger partial charge in [0.1, 0.15) is 0 Å². The molecule has 1 aliphatic heterocycles. The molecule has 0 atom stereocenters. The Morgan fingerprint density at radius 3 is 2.69 bits per heavy atom. The van der Waals surface area contributed by atoms with Gasteiger partial charge in [0.05, 0.1) is 11.4 Å². The van der Waals surface area contributed by atoms with Gasteiger partial charge in [-0.25, -0.2) is 5.01 Å². The maximum Gasteiger partial charge on any atom is 0.195 e. The van der Waals surface area contributed by atoms with Gasteiger partial charge in [-0.3, -0.25) is 0 Å². The van der Waals surface area contributed by atoms with Crippen LogP contribution >= 0.6 is 0 Å². The topological polar surface area (TPSA) is 28.1 Å². The Labute approximate surface area is 96.1 Å². The molecule has 0 spiro atoms. The van der Waals surface area contributed by atoms with E-state index in [4.69, 9.17) is 4.74 Å². The van der Waals surface area contributed by atoms with E-state index in [0.717, 1.165) is 18.8 Å². The van der Waals surface area contributed by atoms with Crippen molar-refractivity contribution in [1.82, 2.24) is 0 Å². The lowest BCUT2D eigenvalue weighted by Gasteiger charge is -2.26. The molecule has 4 nitrogen and oxygen atoms in total. The number of rotatable bonds is 4. The Balaban J connectivity index is 2.32. The monoisotopic (exact) mass is 219 g/mol. The van der Waals surface area contributed by atoms with E-state index in [2.05, 4.69) is 42.0 Å². The lowest BCUT2D eigenvalue weighted by atomic mass is 10.2. The van der Waals surface area contributed by atoms with Crippen LogP contribution < -0.4 is 9.91 Å². The lowest BCUT2D eigenvalue weighted by Crippen LogP contribution is -2.25. The van der Waals surface area contributed by atoms with E-state index in [0.29, 0.717) is 6.73 Å². The van der Waals surface area contributed by atoms with Crippen molar-refractivity contribution in [2.45, 2.75) is 13.8 Å². The Morgan fingerprint density at radius 2 is 2.06 bits per heavy atom. The Morgan fingerprint density at radius 1 is 1.31 bits per heavy atom. The molecule has 0 unspecified atom stereocenters. The highest BCUT2D eigenvalue weighted by Crippen LogP contribution is 2.30. The third kappa shape index (κ3) is 1.96. The highest BCUT2D eigenvalue weighted by molar-refractivity contribution is 5.72. The van der Waals surface area contributed by atoms with E-state index in [1.54, 1.807) is 0 Å². The summed E-state index contributed by atoms with van der Waals surface area (Å²) in [5.41, 5.74) is 2.30. The zero-order valence-corrected chi connectivity index (χ0v) is 9.76. The van der Waals surface area contributed by atoms with Gasteiger partial charge in [0, 0.05) is 13.1 Å². The van der Waals surface area contributed by atoms with Gasteiger partial charge in [-0.2, -0.15) is 0 Å². The molecule has 2 rings (SSSR count). The minimum atomic E-state index is 0.498. The summed E-state index contributed by atoms with van der Waals surface area (Å²) < 4.78 is 5.13. The standard InChI is InChI=1S/C12H17N3O/c1-3-14(4-2)11-7-5-6-8-12(11)15-10-16-9-13-15/h5-9H,3-4,10H2,1-2H3. The van der Waals surface area contributed by atoms with E-state index in [1.165, 1.54) is 12.1 Å². The van der Waals surface area contributed by atoms with Crippen LogP contribution in [0.3, 0.4) is 0 Å². The van der Waals surface area contributed by atoms with Crippen LogP contribution in [0.1, 0.15) is 13.8 Å². The highest BCUT2D eigenvalue weighted by atomic mass is 16.5. The van der Waals surface area contributed by atoms with E-state index in [-0.39, 0.29) is 0 Å². The summed E-state index contributed by atoms with van der Waals surface area (Å²) in [6, 6.07) is 8.27. The fraction of sp³-hybridized carbons (Fsp3) is 0.417. The molecule has 1 aromatic rings. The van der Waals surface area contributed by atoms with E-state index in [9.17, 15) is 0 Å². The number of para-hydroxylation sites is 2. The van der Waals surface area contributed by atoms with E-state index >= 15 is 0 Å². The number of benzene rings is 1. The summed E-state index contributed by atoms with van der Waals surface area (Å²) in [7, 11) is 0. The number of hydrazone groups is 1. The second-order valence-electron chi connectivity index (χ2n) is 3.58. The van der Waals surface area contributed by atoms with Crippen molar-refractivity contribution in [3.8, 4) is 0 Å². The molecule has 0 aliphatic carbocycles. The molecule has 0 saturated heterocycles. The predicted molar refractivity (Wildman–Crippen MR) is 66.9 cm³/mol. The zero-order valence-electron chi connectivity index (χ0n) is 9.76. The lowest BCUT2D eigenvalue weighted by molar-refractivity contribution is 0.350. The van der Waals surface area contributed by atoms with Crippen molar-refractivity contribution in [3.05, 3.63) is 24.3 Å².